The van der Waals surface area contributed by atoms with Gasteiger partial charge < -0.3 is 4.74 Å². The summed E-state index contributed by atoms with van der Waals surface area (Å²) in [6, 6.07) is 5.91. The normalized spacial score (nSPS) is 19.8. The Kier molecular flexibility index (Phi) is 14.2. The van der Waals surface area contributed by atoms with E-state index in [1.54, 1.807) is 32.0 Å². The summed E-state index contributed by atoms with van der Waals surface area (Å²) in [4.78, 5) is 41.1. The molecule has 2 unspecified atom stereocenters. The number of nitrogens with zero attached hydrogens (tertiary/aromatic N) is 2. The second kappa shape index (κ2) is 15.7. The zero-order valence-electron chi connectivity index (χ0n) is 21.1. The van der Waals surface area contributed by atoms with Gasteiger partial charge in [-0.05, 0) is 44.4 Å². The zero-order chi connectivity index (χ0) is 24.7. The standard InChI is InChI=1S/C26H35FN2O4S.2ClH/c1-4-28(17-24(31)33-5-2)14-12-20-16-29(15-13-23(20)34-18(3)30)25(26(32)19-10-11-19)21-8-6-7-9-22(21)27;;/h6-9,12,19,23,25H,4-5,10-11,13-17H2,1-3H3;2*1H. The highest BCUT2D eigenvalue weighted by molar-refractivity contribution is 8.14. The third-order valence-corrected chi connectivity index (χ3v) is 7.47. The summed E-state index contributed by atoms with van der Waals surface area (Å²) >= 11 is 1.30. The number of halogens is 3. The number of thioether (sulfide) groups is 1. The Balaban J connectivity index is 0.00000324. The van der Waals surface area contributed by atoms with Crippen LogP contribution in [-0.4, -0.2) is 71.2 Å². The van der Waals surface area contributed by atoms with Gasteiger partial charge in [0.1, 0.15) is 5.82 Å². The second-order valence-corrected chi connectivity index (χ2v) is 10.2. The van der Waals surface area contributed by atoms with Crippen LogP contribution < -0.4 is 0 Å². The monoisotopic (exact) mass is 562 g/mol. The Bertz CT molecular complexity index is 929. The van der Waals surface area contributed by atoms with Gasteiger partial charge in [-0.25, -0.2) is 4.39 Å². The SMILES string of the molecule is CCOC(=O)CN(CC)CC=C1CN(C(C(=O)C2CC2)c2ccccc2F)CCC1SC(C)=O.Cl.Cl. The second-order valence-electron chi connectivity index (χ2n) is 8.87. The Morgan fingerprint density at radius 3 is 2.47 bits per heavy atom. The molecular weight excluding hydrogens is 526 g/mol. The van der Waals surface area contributed by atoms with E-state index in [1.165, 1.54) is 17.8 Å². The minimum absolute atomic E-state index is 0. The van der Waals surface area contributed by atoms with Crippen LogP contribution in [0.1, 0.15) is 51.6 Å². The molecule has 1 aliphatic carbocycles. The van der Waals surface area contributed by atoms with Crippen molar-refractivity contribution in [3.8, 4) is 0 Å². The lowest BCUT2D eigenvalue weighted by Crippen LogP contribution is -2.43. The molecule has 36 heavy (non-hydrogen) atoms. The third-order valence-electron chi connectivity index (χ3n) is 6.32. The molecular formula is C26H37Cl2FN2O4S. The van der Waals surface area contributed by atoms with Crippen LogP contribution in [0.4, 0.5) is 4.39 Å². The van der Waals surface area contributed by atoms with Gasteiger partial charge in [-0.15, -0.1) is 24.8 Å². The Morgan fingerprint density at radius 2 is 1.89 bits per heavy atom. The van der Waals surface area contributed by atoms with Gasteiger partial charge in [0, 0.05) is 43.3 Å². The number of likely N-dealkylation sites (N-methyl/N-ethyl adjacent to an activating group) is 1. The molecule has 0 N–H and O–H groups in total. The van der Waals surface area contributed by atoms with Crippen LogP contribution in [0.3, 0.4) is 0 Å². The first-order valence-electron chi connectivity index (χ1n) is 12.1. The van der Waals surface area contributed by atoms with Gasteiger partial charge in [0.2, 0.25) is 0 Å². The first-order valence-corrected chi connectivity index (χ1v) is 13.0. The molecule has 0 amide bonds. The highest BCUT2D eigenvalue weighted by atomic mass is 35.5. The topological polar surface area (TPSA) is 66.9 Å². The van der Waals surface area contributed by atoms with Crippen LogP contribution in [0.5, 0.6) is 0 Å². The third kappa shape index (κ3) is 9.14. The molecule has 202 valence electrons. The Morgan fingerprint density at radius 1 is 1.19 bits per heavy atom. The number of likely N-dealkylation sites (tertiary alicyclic amines) is 1. The lowest BCUT2D eigenvalue weighted by atomic mass is 9.93. The summed E-state index contributed by atoms with van der Waals surface area (Å²) in [5.41, 5.74) is 1.47. The minimum Gasteiger partial charge on any atom is -0.465 e. The number of piperidine rings is 1. The van der Waals surface area contributed by atoms with Crippen molar-refractivity contribution in [1.29, 1.82) is 0 Å². The summed E-state index contributed by atoms with van der Waals surface area (Å²) in [6.45, 7) is 8.17. The van der Waals surface area contributed by atoms with Crippen molar-refractivity contribution in [3.63, 3.8) is 0 Å². The van der Waals surface area contributed by atoms with Gasteiger partial charge in [0.15, 0.2) is 10.9 Å². The largest absolute Gasteiger partial charge is 0.465 e. The number of ether oxygens (including phenoxy) is 1. The number of carbonyl (C=O) groups excluding carboxylic acids is 3. The molecule has 0 radical (unpaired) electrons. The van der Waals surface area contributed by atoms with E-state index >= 15 is 0 Å². The van der Waals surface area contributed by atoms with E-state index < -0.39 is 6.04 Å². The van der Waals surface area contributed by atoms with Crippen LogP contribution >= 0.6 is 36.6 Å². The summed E-state index contributed by atoms with van der Waals surface area (Å²) < 4.78 is 19.8. The number of hydrogen-bond acceptors (Lipinski definition) is 7. The molecule has 2 aliphatic rings. The maximum Gasteiger partial charge on any atom is 0.320 e. The van der Waals surface area contributed by atoms with Crippen LogP contribution in [0.15, 0.2) is 35.9 Å². The number of rotatable bonds is 11. The van der Waals surface area contributed by atoms with Crippen molar-refractivity contribution in [3.05, 3.63) is 47.3 Å². The predicted molar refractivity (Wildman–Crippen MR) is 146 cm³/mol. The predicted octanol–water partition coefficient (Wildman–Crippen LogP) is 4.85. The number of Topliss-reactive ketones (excluding diaryl/α,β-unsaturated/α-hetero) is 1. The van der Waals surface area contributed by atoms with Crippen molar-refractivity contribution in [2.24, 2.45) is 5.92 Å². The van der Waals surface area contributed by atoms with Gasteiger partial charge in [0.25, 0.3) is 0 Å². The maximum atomic E-state index is 14.8. The fourth-order valence-electron chi connectivity index (χ4n) is 4.39. The van der Waals surface area contributed by atoms with E-state index in [0.29, 0.717) is 44.8 Å². The van der Waals surface area contributed by atoms with Gasteiger partial charge in [0.05, 0.1) is 19.2 Å². The van der Waals surface area contributed by atoms with Crippen LogP contribution in [0, 0.1) is 11.7 Å². The summed E-state index contributed by atoms with van der Waals surface area (Å²) in [7, 11) is 0. The molecule has 1 saturated heterocycles. The molecule has 3 rings (SSSR count). The molecule has 0 spiro atoms. The van der Waals surface area contributed by atoms with Crippen molar-refractivity contribution in [2.75, 3.05) is 39.3 Å². The molecule has 2 fully saturated rings. The van der Waals surface area contributed by atoms with E-state index in [0.717, 1.165) is 18.4 Å². The molecule has 1 heterocycles. The molecule has 1 aliphatic heterocycles. The van der Waals surface area contributed by atoms with Crippen LogP contribution in [0.2, 0.25) is 0 Å². The van der Waals surface area contributed by atoms with E-state index in [9.17, 15) is 18.8 Å². The lowest BCUT2D eigenvalue weighted by Gasteiger charge is -2.38. The number of esters is 1. The van der Waals surface area contributed by atoms with Crippen molar-refractivity contribution >= 4 is 53.4 Å². The number of ketones is 1. The van der Waals surface area contributed by atoms with E-state index in [4.69, 9.17) is 4.74 Å². The van der Waals surface area contributed by atoms with Gasteiger partial charge in [-0.2, -0.15) is 0 Å². The maximum absolute atomic E-state index is 14.8. The summed E-state index contributed by atoms with van der Waals surface area (Å²) in [6.07, 6.45) is 4.49. The molecule has 0 aromatic heterocycles. The van der Waals surface area contributed by atoms with Crippen molar-refractivity contribution < 1.29 is 23.5 Å². The van der Waals surface area contributed by atoms with Gasteiger partial charge >= 0.3 is 5.97 Å². The van der Waals surface area contributed by atoms with Crippen LogP contribution in [0.25, 0.3) is 0 Å². The van der Waals surface area contributed by atoms with Crippen molar-refractivity contribution in [1.82, 2.24) is 9.80 Å². The van der Waals surface area contributed by atoms with Crippen LogP contribution in [-0.2, 0) is 19.1 Å². The molecule has 1 aromatic rings. The average Bonchev–Trinajstić information content (AvgIpc) is 3.64. The van der Waals surface area contributed by atoms with E-state index in [2.05, 4.69) is 11.0 Å². The molecule has 1 saturated carbocycles. The number of benzene rings is 1. The van der Waals surface area contributed by atoms with E-state index in [1.807, 2.05) is 11.8 Å². The smallest absolute Gasteiger partial charge is 0.320 e. The molecule has 2 atom stereocenters. The highest BCUT2D eigenvalue weighted by Gasteiger charge is 2.41. The number of hydrogen-bond donors (Lipinski definition) is 0. The molecule has 10 heteroatoms. The molecule has 0 bridgehead atoms. The molecule has 1 aromatic carbocycles. The van der Waals surface area contributed by atoms with Gasteiger partial charge in [-0.1, -0.05) is 43.0 Å². The van der Waals surface area contributed by atoms with Gasteiger partial charge in [-0.3, -0.25) is 24.2 Å². The Hall–Kier alpha value is -1.45. The summed E-state index contributed by atoms with van der Waals surface area (Å²) in [5.74, 6) is -0.544. The number of carbonyl (C=O) groups is 3. The quantitative estimate of drug-likeness (QED) is 0.282. The molecule has 6 nitrogen and oxygen atoms in total. The van der Waals surface area contributed by atoms with E-state index in [-0.39, 0.29) is 65.2 Å². The lowest BCUT2D eigenvalue weighted by molar-refractivity contribution is -0.144. The zero-order valence-corrected chi connectivity index (χ0v) is 23.6. The first-order chi connectivity index (χ1) is 16.3. The summed E-state index contributed by atoms with van der Waals surface area (Å²) in [5, 5.41) is 0.0512. The Labute approximate surface area is 230 Å². The van der Waals surface area contributed by atoms with Crippen molar-refractivity contribution in [2.45, 2.75) is 51.3 Å². The highest BCUT2D eigenvalue weighted by Crippen LogP contribution is 2.40. The first kappa shape index (κ1) is 32.6. The minimum atomic E-state index is -0.623. The fourth-order valence-corrected chi connectivity index (χ4v) is 5.34. The average molecular weight is 564 g/mol. The fraction of sp³-hybridized carbons (Fsp3) is 0.577.